The highest BCUT2D eigenvalue weighted by molar-refractivity contribution is 4.73. The summed E-state index contributed by atoms with van der Waals surface area (Å²) in [6, 6.07) is 0. The first-order chi connectivity index (χ1) is 11.9. The van der Waals surface area contributed by atoms with Crippen LogP contribution < -0.4 is 0 Å². The van der Waals surface area contributed by atoms with Gasteiger partial charge >= 0.3 is 0 Å². The van der Waals surface area contributed by atoms with Gasteiger partial charge < -0.3 is 0 Å². The van der Waals surface area contributed by atoms with Gasteiger partial charge in [0.1, 0.15) is 0 Å². The summed E-state index contributed by atoms with van der Waals surface area (Å²) >= 11 is 0. The Hall–Kier alpha value is 0. The first kappa shape index (κ1) is 20.3. The third-order valence-electron chi connectivity index (χ3n) is 7.06. The molecule has 0 amide bonds. The number of rotatable bonds is 12. The third-order valence-corrected chi connectivity index (χ3v) is 7.06. The van der Waals surface area contributed by atoms with E-state index in [1.807, 2.05) is 0 Å². The molecule has 2 saturated carbocycles. The maximum Gasteiger partial charge on any atom is -0.0412 e. The van der Waals surface area contributed by atoms with Crippen molar-refractivity contribution in [1.29, 1.82) is 0 Å². The standard InChI is InChI=1S/C24H46/c1-2-3-14-23-19-13-20-24(21-23)18-10-7-5-4-6-9-15-22-16-11-8-12-17-22/h22-24H,2-21H2,1H3. The summed E-state index contributed by atoms with van der Waals surface area (Å²) in [6.45, 7) is 2.34. The van der Waals surface area contributed by atoms with Crippen molar-refractivity contribution < 1.29 is 0 Å². The summed E-state index contributed by atoms with van der Waals surface area (Å²) in [5.74, 6) is 3.28. The summed E-state index contributed by atoms with van der Waals surface area (Å²) < 4.78 is 0. The Labute approximate surface area is 153 Å². The smallest absolute Gasteiger partial charge is 0.0412 e. The van der Waals surface area contributed by atoms with Crippen LogP contribution in [-0.2, 0) is 0 Å². The van der Waals surface area contributed by atoms with Gasteiger partial charge in [-0.25, -0.2) is 0 Å². The minimum atomic E-state index is 1.09. The van der Waals surface area contributed by atoms with Crippen molar-refractivity contribution >= 4 is 0 Å². The van der Waals surface area contributed by atoms with Crippen molar-refractivity contribution in [3.63, 3.8) is 0 Å². The highest BCUT2D eigenvalue weighted by Gasteiger charge is 2.21. The van der Waals surface area contributed by atoms with Crippen molar-refractivity contribution in [3.05, 3.63) is 0 Å². The van der Waals surface area contributed by atoms with Gasteiger partial charge in [-0.05, 0) is 24.2 Å². The molecule has 0 aromatic rings. The van der Waals surface area contributed by atoms with Crippen LogP contribution in [-0.4, -0.2) is 0 Å². The van der Waals surface area contributed by atoms with Crippen LogP contribution in [0.3, 0.4) is 0 Å². The first-order valence-electron chi connectivity index (χ1n) is 11.9. The van der Waals surface area contributed by atoms with Crippen LogP contribution in [0.4, 0.5) is 0 Å². The zero-order valence-electron chi connectivity index (χ0n) is 16.9. The van der Waals surface area contributed by atoms with E-state index in [4.69, 9.17) is 0 Å². The van der Waals surface area contributed by atoms with Crippen LogP contribution in [0.25, 0.3) is 0 Å². The second-order valence-corrected chi connectivity index (χ2v) is 9.24. The Morgan fingerprint density at radius 3 is 1.62 bits per heavy atom. The van der Waals surface area contributed by atoms with Crippen LogP contribution in [0.2, 0.25) is 0 Å². The topological polar surface area (TPSA) is 0 Å². The lowest BCUT2D eigenvalue weighted by atomic mass is 9.77. The van der Waals surface area contributed by atoms with Crippen LogP contribution in [0.5, 0.6) is 0 Å². The van der Waals surface area contributed by atoms with Crippen molar-refractivity contribution in [2.45, 2.75) is 135 Å². The molecule has 2 rings (SSSR count). The predicted molar refractivity (Wildman–Crippen MR) is 108 cm³/mol. The lowest BCUT2D eigenvalue weighted by molar-refractivity contribution is 0.236. The molecule has 0 radical (unpaired) electrons. The SMILES string of the molecule is CCCCC1CCCC(CCCCCCCCC2CCCCC2)C1. The van der Waals surface area contributed by atoms with E-state index in [1.165, 1.54) is 89.9 Å². The highest BCUT2D eigenvalue weighted by atomic mass is 14.3. The zero-order chi connectivity index (χ0) is 16.9. The molecule has 2 unspecified atom stereocenters. The van der Waals surface area contributed by atoms with Crippen molar-refractivity contribution in [2.24, 2.45) is 17.8 Å². The second-order valence-electron chi connectivity index (χ2n) is 9.24. The van der Waals surface area contributed by atoms with Gasteiger partial charge in [0.05, 0.1) is 0 Å². The van der Waals surface area contributed by atoms with Gasteiger partial charge in [-0.15, -0.1) is 0 Å². The predicted octanol–water partition coefficient (Wildman–Crippen LogP) is 8.68. The van der Waals surface area contributed by atoms with Gasteiger partial charge in [0.25, 0.3) is 0 Å². The maximum absolute atomic E-state index is 2.34. The van der Waals surface area contributed by atoms with Gasteiger partial charge in [-0.1, -0.05) is 129 Å². The molecule has 0 aromatic heterocycles. The molecule has 0 nitrogen and oxygen atoms in total. The maximum atomic E-state index is 2.34. The molecule has 0 aromatic carbocycles. The van der Waals surface area contributed by atoms with Crippen LogP contribution in [0.15, 0.2) is 0 Å². The molecule has 24 heavy (non-hydrogen) atoms. The fourth-order valence-electron chi connectivity index (χ4n) is 5.47. The molecule has 0 N–H and O–H groups in total. The Kier molecular flexibility index (Phi) is 11.2. The number of unbranched alkanes of at least 4 members (excludes halogenated alkanes) is 6. The van der Waals surface area contributed by atoms with Crippen LogP contribution in [0.1, 0.15) is 135 Å². The molecule has 142 valence electrons. The number of hydrogen-bond donors (Lipinski definition) is 0. The molecule has 0 heterocycles. The zero-order valence-corrected chi connectivity index (χ0v) is 16.9. The van der Waals surface area contributed by atoms with E-state index < -0.39 is 0 Å². The summed E-state index contributed by atoms with van der Waals surface area (Å²) in [6.07, 6.45) is 30.4. The van der Waals surface area contributed by atoms with E-state index in [9.17, 15) is 0 Å². The average molecular weight is 335 g/mol. The third kappa shape index (κ3) is 8.91. The summed E-state index contributed by atoms with van der Waals surface area (Å²) in [5.41, 5.74) is 0. The van der Waals surface area contributed by atoms with E-state index in [0.717, 1.165) is 17.8 Å². The second kappa shape index (κ2) is 13.2. The minimum Gasteiger partial charge on any atom is -0.0654 e. The quantitative estimate of drug-likeness (QED) is 0.313. The van der Waals surface area contributed by atoms with Gasteiger partial charge in [0, 0.05) is 0 Å². The van der Waals surface area contributed by atoms with E-state index in [2.05, 4.69) is 6.92 Å². The molecule has 0 aliphatic heterocycles. The van der Waals surface area contributed by atoms with E-state index in [0.29, 0.717) is 0 Å². The lowest BCUT2D eigenvalue weighted by Crippen LogP contribution is -2.15. The Morgan fingerprint density at radius 1 is 0.500 bits per heavy atom. The van der Waals surface area contributed by atoms with Gasteiger partial charge in [-0.2, -0.15) is 0 Å². The number of hydrogen-bond acceptors (Lipinski definition) is 0. The van der Waals surface area contributed by atoms with E-state index in [-0.39, 0.29) is 0 Å². The van der Waals surface area contributed by atoms with Gasteiger partial charge in [0.2, 0.25) is 0 Å². The monoisotopic (exact) mass is 334 g/mol. The summed E-state index contributed by atoms with van der Waals surface area (Å²) in [4.78, 5) is 0. The van der Waals surface area contributed by atoms with Crippen molar-refractivity contribution in [2.75, 3.05) is 0 Å². The van der Waals surface area contributed by atoms with Crippen molar-refractivity contribution in [3.8, 4) is 0 Å². The van der Waals surface area contributed by atoms with E-state index in [1.54, 1.807) is 38.5 Å². The molecule has 2 aliphatic rings. The van der Waals surface area contributed by atoms with Crippen LogP contribution in [0, 0.1) is 17.8 Å². The molecule has 0 spiro atoms. The molecule has 0 saturated heterocycles. The Balaban J connectivity index is 1.38. The molecule has 2 aliphatic carbocycles. The minimum absolute atomic E-state index is 1.09. The fourth-order valence-corrected chi connectivity index (χ4v) is 5.47. The molecule has 0 heteroatoms. The fraction of sp³-hybridized carbons (Fsp3) is 1.00. The Bertz CT molecular complexity index is 276. The largest absolute Gasteiger partial charge is 0.0654 e. The summed E-state index contributed by atoms with van der Waals surface area (Å²) in [7, 11) is 0. The highest BCUT2D eigenvalue weighted by Crippen LogP contribution is 2.35. The average Bonchev–Trinajstić information content (AvgIpc) is 2.63. The lowest BCUT2D eigenvalue weighted by Gasteiger charge is -2.29. The molecule has 2 atom stereocenters. The van der Waals surface area contributed by atoms with E-state index >= 15 is 0 Å². The van der Waals surface area contributed by atoms with Gasteiger partial charge in [-0.3, -0.25) is 0 Å². The molecular weight excluding hydrogens is 288 g/mol. The molecule has 0 bridgehead atoms. The molecular formula is C24H46. The van der Waals surface area contributed by atoms with Crippen molar-refractivity contribution in [1.82, 2.24) is 0 Å². The molecule has 2 fully saturated rings. The first-order valence-corrected chi connectivity index (χ1v) is 11.9. The summed E-state index contributed by atoms with van der Waals surface area (Å²) in [5, 5.41) is 0. The van der Waals surface area contributed by atoms with Crippen LogP contribution >= 0.6 is 0 Å². The normalized spacial score (nSPS) is 25.9. The van der Waals surface area contributed by atoms with Gasteiger partial charge in [0.15, 0.2) is 0 Å². The Morgan fingerprint density at radius 2 is 1.00 bits per heavy atom.